The number of aromatic nitrogens is 1. The van der Waals surface area contributed by atoms with Crippen LogP contribution < -0.4 is 0 Å². The molecule has 0 unspecified atom stereocenters. The molecule has 0 bridgehead atoms. The normalized spacial score (nSPS) is 14.9. The molecule has 1 aliphatic carbocycles. The molecule has 1 nitrogen and oxygen atoms in total. The van der Waals surface area contributed by atoms with Gasteiger partial charge in [0.15, 0.2) is 0 Å². The predicted molar refractivity (Wildman–Crippen MR) is 70.2 cm³/mol. The summed E-state index contributed by atoms with van der Waals surface area (Å²) in [5, 5.41) is 0. The molecule has 0 aliphatic heterocycles. The van der Waals surface area contributed by atoms with Crippen LogP contribution >= 0.6 is 0 Å². The van der Waals surface area contributed by atoms with Crippen LogP contribution in [-0.2, 0) is 6.42 Å². The summed E-state index contributed by atoms with van der Waals surface area (Å²) >= 11 is 0. The summed E-state index contributed by atoms with van der Waals surface area (Å²) in [6, 6.07) is 15.0. The van der Waals surface area contributed by atoms with Gasteiger partial charge in [0.1, 0.15) is 0 Å². The molecule has 2 aromatic rings. The number of aryl methyl sites for hydroxylation is 1. The fourth-order valence-corrected chi connectivity index (χ4v) is 2.35. The van der Waals surface area contributed by atoms with E-state index >= 15 is 0 Å². The summed E-state index contributed by atoms with van der Waals surface area (Å²) in [7, 11) is 0. The molecule has 3 rings (SSSR count). The molecule has 0 amide bonds. The average molecular weight is 223 g/mol. The van der Waals surface area contributed by atoms with E-state index in [9.17, 15) is 0 Å². The molecule has 17 heavy (non-hydrogen) atoms. The van der Waals surface area contributed by atoms with E-state index in [1.54, 1.807) is 0 Å². The van der Waals surface area contributed by atoms with Crippen molar-refractivity contribution in [3.05, 3.63) is 65.0 Å². The molecule has 0 radical (unpaired) electrons. The third kappa shape index (κ3) is 2.38. The average Bonchev–Trinajstić information content (AvgIpc) is 3.15. The molecule has 1 heteroatoms. The van der Waals surface area contributed by atoms with Gasteiger partial charge in [0, 0.05) is 17.8 Å². The molecule has 1 aromatic heterocycles. The number of hydrogen-bond donors (Lipinski definition) is 0. The van der Waals surface area contributed by atoms with Gasteiger partial charge in [-0.05, 0) is 42.9 Å². The molecule has 1 aliphatic rings. The smallest absolute Gasteiger partial charge is 0.0450 e. The lowest BCUT2D eigenvalue weighted by molar-refractivity contribution is 0.978. The molecule has 86 valence electrons. The van der Waals surface area contributed by atoms with Crippen LogP contribution in [-0.4, -0.2) is 4.98 Å². The zero-order chi connectivity index (χ0) is 11.7. The van der Waals surface area contributed by atoms with Gasteiger partial charge in [0.25, 0.3) is 0 Å². The highest BCUT2D eigenvalue weighted by atomic mass is 14.7. The van der Waals surface area contributed by atoms with Crippen LogP contribution in [0.25, 0.3) is 0 Å². The lowest BCUT2D eigenvalue weighted by Crippen LogP contribution is -1.97. The van der Waals surface area contributed by atoms with Crippen LogP contribution in [0.15, 0.2) is 42.5 Å². The minimum absolute atomic E-state index is 0.799. The third-order valence-corrected chi connectivity index (χ3v) is 3.43. The standard InChI is InChI=1S/C16H17N/c1-12-16(14-7-8-14)10-9-15(17-12)11-13-5-3-2-4-6-13/h2-6,9-10,14H,7-8,11H2,1H3. The maximum absolute atomic E-state index is 4.73. The van der Waals surface area contributed by atoms with E-state index in [2.05, 4.69) is 49.4 Å². The largest absolute Gasteiger partial charge is 0.258 e. The second kappa shape index (κ2) is 4.33. The Morgan fingerprint density at radius 3 is 2.47 bits per heavy atom. The zero-order valence-electron chi connectivity index (χ0n) is 10.2. The first-order chi connectivity index (χ1) is 8.33. The molecule has 1 saturated carbocycles. The van der Waals surface area contributed by atoms with E-state index < -0.39 is 0 Å². The van der Waals surface area contributed by atoms with Crippen molar-refractivity contribution in [2.45, 2.75) is 32.1 Å². The van der Waals surface area contributed by atoms with E-state index in [0.29, 0.717) is 0 Å². The van der Waals surface area contributed by atoms with Crippen LogP contribution in [0.3, 0.4) is 0 Å². The van der Waals surface area contributed by atoms with E-state index in [1.165, 1.54) is 35.4 Å². The Kier molecular flexibility index (Phi) is 2.68. The van der Waals surface area contributed by atoms with Crippen molar-refractivity contribution >= 4 is 0 Å². The van der Waals surface area contributed by atoms with E-state index in [1.807, 2.05) is 0 Å². The summed E-state index contributed by atoms with van der Waals surface area (Å²) < 4.78 is 0. The van der Waals surface area contributed by atoms with Gasteiger partial charge in [-0.25, -0.2) is 0 Å². The predicted octanol–water partition coefficient (Wildman–Crippen LogP) is 3.86. The zero-order valence-corrected chi connectivity index (χ0v) is 10.2. The van der Waals surface area contributed by atoms with Crippen molar-refractivity contribution in [2.24, 2.45) is 0 Å². The van der Waals surface area contributed by atoms with Crippen molar-refractivity contribution < 1.29 is 0 Å². The van der Waals surface area contributed by atoms with Crippen molar-refractivity contribution in [1.82, 2.24) is 4.98 Å². The fourth-order valence-electron chi connectivity index (χ4n) is 2.35. The highest BCUT2D eigenvalue weighted by molar-refractivity contribution is 5.31. The lowest BCUT2D eigenvalue weighted by Gasteiger charge is -2.06. The van der Waals surface area contributed by atoms with Crippen molar-refractivity contribution in [3.63, 3.8) is 0 Å². The maximum atomic E-state index is 4.73. The molecule has 0 atom stereocenters. The van der Waals surface area contributed by atoms with Gasteiger partial charge in [-0.3, -0.25) is 4.98 Å². The molecule has 0 saturated heterocycles. The van der Waals surface area contributed by atoms with Crippen molar-refractivity contribution in [3.8, 4) is 0 Å². The lowest BCUT2D eigenvalue weighted by atomic mass is 10.1. The Morgan fingerprint density at radius 2 is 1.82 bits per heavy atom. The first-order valence-electron chi connectivity index (χ1n) is 6.33. The number of rotatable bonds is 3. The van der Waals surface area contributed by atoms with E-state index in [0.717, 1.165) is 12.3 Å². The summed E-state index contributed by atoms with van der Waals surface area (Å²) in [5.74, 6) is 0.799. The van der Waals surface area contributed by atoms with Crippen LogP contribution in [0.2, 0.25) is 0 Å². The van der Waals surface area contributed by atoms with Crippen molar-refractivity contribution in [1.29, 1.82) is 0 Å². The molecule has 0 spiro atoms. The summed E-state index contributed by atoms with van der Waals surface area (Å²) in [4.78, 5) is 4.73. The van der Waals surface area contributed by atoms with Gasteiger partial charge < -0.3 is 0 Å². The van der Waals surface area contributed by atoms with Gasteiger partial charge in [0.05, 0.1) is 0 Å². The number of pyridine rings is 1. The highest BCUT2D eigenvalue weighted by Gasteiger charge is 2.25. The first-order valence-corrected chi connectivity index (χ1v) is 6.33. The second-order valence-corrected chi connectivity index (χ2v) is 4.91. The highest BCUT2D eigenvalue weighted by Crippen LogP contribution is 2.41. The van der Waals surface area contributed by atoms with Gasteiger partial charge in [-0.15, -0.1) is 0 Å². The Hall–Kier alpha value is -1.63. The van der Waals surface area contributed by atoms with E-state index in [-0.39, 0.29) is 0 Å². The molecular formula is C16H17N. The summed E-state index contributed by atoms with van der Waals surface area (Å²) in [6.45, 7) is 2.14. The summed E-state index contributed by atoms with van der Waals surface area (Å²) in [6.07, 6.45) is 3.63. The van der Waals surface area contributed by atoms with Crippen LogP contribution in [0.4, 0.5) is 0 Å². The molecule has 1 heterocycles. The van der Waals surface area contributed by atoms with Gasteiger partial charge in [0.2, 0.25) is 0 Å². The molecule has 0 N–H and O–H groups in total. The van der Waals surface area contributed by atoms with Gasteiger partial charge in [-0.2, -0.15) is 0 Å². The number of nitrogens with zero attached hydrogens (tertiary/aromatic N) is 1. The third-order valence-electron chi connectivity index (χ3n) is 3.43. The van der Waals surface area contributed by atoms with E-state index in [4.69, 9.17) is 4.98 Å². The Bertz CT molecular complexity index is 512. The maximum Gasteiger partial charge on any atom is 0.0450 e. The second-order valence-electron chi connectivity index (χ2n) is 4.91. The minimum atomic E-state index is 0.799. The fraction of sp³-hybridized carbons (Fsp3) is 0.312. The minimum Gasteiger partial charge on any atom is -0.258 e. The number of benzene rings is 1. The number of hydrogen-bond acceptors (Lipinski definition) is 1. The van der Waals surface area contributed by atoms with Gasteiger partial charge >= 0.3 is 0 Å². The molecule has 1 fully saturated rings. The van der Waals surface area contributed by atoms with Crippen LogP contribution in [0, 0.1) is 6.92 Å². The first kappa shape index (κ1) is 10.5. The molecule has 1 aromatic carbocycles. The van der Waals surface area contributed by atoms with Crippen molar-refractivity contribution in [2.75, 3.05) is 0 Å². The quantitative estimate of drug-likeness (QED) is 0.770. The SMILES string of the molecule is Cc1nc(Cc2ccccc2)ccc1C1CC1. The monoisotopic (exact) mass is 223 g/mol. The summed E-state index contributed by atoms with van der Waals surface area (Å²) in [5.41, 5.74) is 5.19. The Morgan fingerprint density at radius 1 is 1.06 bits per heavy atom. The van der Waals surface area contributed by atoms with Gasteiger partial charge in [-0.1, -0.05) is 36.4 Å². The topological polar surface area (TPSA) is 12.9 Å². The Balaban J connectivity index is 1.82. The molecular weight excluding hydrogens is 206 g/mol. The Labute approximate surface area is 103 Å². The van der Waals surface area contributed by atoms with Crippen LogP contribution in [0.1, 0.15) is 41.3 Å². The van der Waals surface area contributed by atoms with Crippen LogP contribution in [0.5, 0.6) is 0 Å².